The molecule has 1 aromatic carbocycles. The lowest BCUT2D eigenvalue weighted by Crippen LogP contribution is -2.33. The molecule has 1 heterocycles. The predicted octanol–water partition coefficient (Wildman–Crippen LogP) is 4.12. The topological polar surface area (TPSA) is 71.3 Å². The normalized spacial score (nSPS) is 19.6. The molecule has 1 aromatic heterocycles. The van der Waals surface area contributed by atoms with Crippen molar-refractivity contribution in [1.29, 1.82) is 0 Å². The lowest BCUT2D eigenvalue weighted by atomic mass is 9.82. The van der Waals surface area contributed by atoms with Crippen LogP contribution >= 0.6 is 11.6 Å². The Labute approximate surface area is 164 Å². The summed E-state index contributed by atoms with van der Waals surface area (Å²) in [5, 5.41) is 12.8. The van der Waals surface area contributed by atoms with Gasteiger partial charge in [-0.15, -0.1) is 0 Å². The van der Waals surface area contributed by atoms with Crippen LogP contribution in [-0.4, -0.2) is 28.1 Å². The highest BCUT2D eigenvalue weighted by atomic mass is 35.5. The molecule has 0 atom stereocenters. The number of carboxylic acid groups (broad SMARTS) is 1. The molecule has 0 spiro atoms. The lowest BCUT2D eigenvalue weighted by Gasteiger charge is -2.26. The Bertz CT molecular complexity index is 805. The smallest absolute Gasteiger partial charge is 0.306 e. The molecule has 27 heavy (non-hydrogen) atoms. The number of benzene rings is 1. The number of carbonyl (C=O) groups is 2. The fourth-order valence-corrected chi connectivity index (χ4v) is 3.83. The van der Waals surface area contributed by atoms with Crippen LogP contribution in [0.5, 0.6) is 0 Å². The van der Waals surface area contributed by atoms with E-state index in [0.29, 0.717) is 42.6 Å². The van der Waals surface area contributed by atoms with Gasteiger partial charge in [-0.05, 0) is 67.9 Å². The van der Waals surface area contributed by atoms with Gasteiger partial charge in [-0.1, -0.05) is 23.7 Å². The van der Waals surface area contributed by atoms with E-state index in [9.17, 15) is 9.59 Å². The van der Waals surface area contributed by atoms with Gasteiger partial charge in [0.15, 0.2) is 0 Å². The van der Waals surface area contributed by atoms with Gasteiger partial charge >= 0.3 is 5.97 Å². The number of nitrogens with zero attached hydrogens (tertiary/aromatic N) is 1. The Hall–Kier alpha value is -2.27. The summed E-state index contributed by atoms with van der Waals surface area (Å²) in [6, 6.07) is 9.51. The summed E-state index contributed by atoms with van der Waals surface area (Å²) in [5.74, 6) is -0.660. The minimum absolute atomic E-state index is 0.0857. The monoisotopic (exact) mass is 388 g/mol. The van der Waals surface area contributed by atoms with Crippen molar-refractivity contribution in [2.45, 2.75) is 39.2 Å². The third-order valence-electron chi connectivity index (χ3n) is 5.28. The maximum absolute atomic E-state index is 12.7. The quantitative estimate of drug-likeness (QED) is 0.781. The van der Waals surface area contributed by atoms with Crippen molar-refractivity contribution in [3.8, 4) is 0 Å². The molecule has 0 aliphatic heterocycles. The average Bonchev–Trinajstić information content (AvgIpc) is 3.02. The molecule has 0 radical (unpaired) electrons. The van der Waals surface area contributed by atoms with E-state index in [0.717, 1.165) is 24.0 Å². The third-order valence-corrected chi connectivity index (χ3v) is 5.53. The van der Waals surface area contributed by atoms with E-state index in [1.54, 1.807) is 0 Å². The largest absolute Gasteiger partial charge is 0.481 e. The van der Waals surface area contributed by atoms with Crippen LogP contribution in [0.4, 0.5) is 0 Å². The second kappa shape index (κ2) is 8.61. The van der Waals surface area contributed by atoms with Crippen LogP contribution in [0.15, 0.2) is 36.5 Å². The van der Waals surface area contributed by atoms with Crippen molar-refractivity contribution in [2.24, 2.45) is 11.8 Å². The molecular formula is C21H25ClN2O3. The summed E-state index contributed by atoms with van der Waals surface area (Å²) in [5.41, 5.74) is 2.76. The number of nitrogens with one attached hydrogen (secondary N) is 1. The highest BCUT2D eigenvalue weighted by Crippen LogP contribution is 2.28. The molecule has 144 valence electrons. The number of aliphatic carboxylic acids is 1. The second-order valence-electron chi connectivity index (χ2n) is 7.42. The van der Waals surface area contributed by atoms with Crippen molar-refractivity contribution < 1.29 is 14.7 Å². The van der Waals surface area contributed by atoms with Gasteiger partial charge in [0.2, 0.25) is 0 Å². The molecule has 1 saturated carbocycles. The molecule has 1 fully saturated rings. The van der Waals surface area contributed by atoms with Crippen LogP contribution in [0.25, 0.3) is 0 Å². The molecule has 0 bridgehead atoms. The van der Waals surface area contributed by atoms with Gasteiger partial charge in [-0.2, -0.15) is 0 Å². The number of halogens is 1. The number of hydrogen-bond donors (Lipinski definition) is 2. The molecular weight excluding hydrogens is 364 g/mol. The molecule has 0 unspecified atom stereocenters. The molecule has 6 heteroatoms. The average molecular weight is 389 g/mol. The minimum Gasteiger partial charge on any atom is -0.481 e. The zero-order valence-corrected chi connectivity index (χ0v) is 16.2. The van der Waals surface area contributed by atoms with Crippen molar-refractivity contribution in [3.05, 3.63) is 58.4 Å². The van der Waals surface area contributed by atoms with Crippen LogP contribution in [0, 0.1) is 18.8 Å². The summed E-state index contributed by atoms with van der Waals surface area (Å²) < 4.78 is 1.95. The van der Waals surface area contributed by atoms with E-state index in [1.807, 2.05) is 48.0 Å². The highest BCUT2D eigenvalue weighted by molar-refractivity contribution is 6.30. The molecule has 1 amide bonds. The van der Waals surface area contributed by atoms with E-state index in [2.05, 4.69) is 5.32 Å². The number of rotatable bonds is 6. The lowest BCUT2D eigenvalue weighted by molar-refractivity contribution is -0.143. The molecule has 1 aliphatic carbocycles. The van der Waals surface area contributed by atoms with Gasteiger partial charge in [-0.3, -0.25) is 9.59 Å². The summed E-state index contributed by atoms with van der Waals surface area (Å²) in [7, 11) is 0. The van der Waals surface area contributed by atoms with Gasteiger partial charge < -0.3 is 15.0 Å². The van der Waals surface area contributed by atoms with E-state index >= 15 is 0 Å². The van der Waals surface area contributed by atoms with E-state index in [4.69, 9.17) is 16.7 Å². The first kappa shape index (κ1) is 19.5. The summed E-state index contributed by atoms with van der Waals surface area (Å²) >= 11 is 5.94. The first-order chi connectivity index (χ1) is 12.9. The fourth-order valence-electron chi connectivity index (χ4n) is 3.71. The number of aryl methyl sites for hydroxylation is 1. The fraction of sp³-hybridized carbons (Fsp3) is 0.429. The highest BCUT2D eigenvalue weighted by Gasteiger charge is 2.26. The van der Waals surface area contributed by atoms with Crippen molar-refractivity contribution in [2.75, 3.05) is 6.54 Å². The number of amides is 1. The number of aromatic nitrogens is 1. The van der Waals surface area contributed by atoms with E-state index in [1.165, 1.54) is 0 Å². The molecule has 1 aliphatic rings. The molecule has 3 rings (SSSR count). The Morgan fingerprint density at radius 2 is 1.85 bits per heavy atom. The van der Waals surface area contributed by atoms with Crippen molar-refractivity contribution in [3.63, 3.8) is 0 Å². The Kier molecular flexibility index (Phi) is 6.22. The second-order valence-corrected chi connectivity index (χ2v) is 7.86. The molecule has 2 aromatic rings. The van der Waals surface area contributed by atoms with Crippen LogP contribution < -0.4 is 5.32 Å². The standard InChI is InChI=1S/C21H25ClN2O3/c1-14-10-19(24(12-14)13-16-4-8-18(22)9-5-16)20(25)23-11-15-2-6-17(7-3-15)21(26)27/h4-5,8-10,12,15,17H,2-3,6-7,11,13H2,1H3,(H,23,25)(H,26,27)/t15-,17-. The van der Waals surface area contributed by atoms with Crippen LogP contribution in [0.2, 0.25) is 5.02 Å². The third kappa shape index (κ3) is 5.13. The van der Waals surface area contributed by atoms with Gasteiger partial charge in [0.1, 0.15) is 5.69 Å². The Balaban J connectivity index is 1.58. The van der Waals surface area contributed by atoms with Gasteiger partial charge in [0, 0.05) is 24.3 Å². The predicted molar refractivity (Wildman–Crippen MR) is 105 cm³/mol. The van der Waals surface area contributed by atoms with Crippen LogP contribution in [0.3, 0.4) is 0 Å². The maximum atomic E-state index is 12.7. The Morgan fingerprint density at radius 3 is 2.48 bits per heavy atom. The van der Waals surface area contributed by atoms with Crippen molar-refractivity contribution in [1.82, 2.24) is 9.88 Å². The van der Waals surface area contributed by atoms with Crippen LogP contribution in [0.1, 0.15) is 47.3 Å². The molecule has 0 saturated heterocycles. The first-order valence-corrected chi connectivity index (χ1v) is 9.72. The van der Waals surface area contributed by atoms with E-state index in [-0.39, 0.29) is 11.8 Å². The zero-order valence-electron chi connectivity index (χ0n) is 15.5. The molecule has 5 nitrogen and oxygen atoms in total. The van der Waals surface area contributed by atoms with E-state index < -0.39 is 5.97 Å². The van der Waals surface area contributed by atoms with Gasteiger partial charge in [-0.25, -0.2) is 0 Å². The van der Waals surface area contributed by atoms with Gasteiger partial charge in [0.05, 0.1) is 5.92 Å². The number of carboxylic acids is 1. The maximum Gasteiger partial charge on any atom is 0.306 e. The number of hydrogen-bond acceptors (Lipinski definition) is 2. The van der Waals surface area contributed by atoms with Crippen molar-refractivity contribution >= 4 is 23.5 Å². The Morgan fingerprint density at radius 1 is 1.19 bits per heavy atom. The zero-order chi connectivity index (χ0) is 19.4. The number of carbonyl (C=O) groups excluding carboxylic acids is 1. The van der Waals surface area contributed by atoms with Gasteiger partial charge in [0.25, 0.3) is 5.91 Å². The minimum atomic E-state index is -0.701. The summed E-state index contributed by atoms with van der Waals surface area (Å²) in [4.78, 5) is 23.7. The summed E-state index contributed by atoms with van der Waals surface area (Å²) in [6.07, 6.45) is 5.07. The molecule has 2 N–H and O–H groups in total. The van der Waals surface area contributed by atoms with Crippen LogP contribution in [-0.2, 0) is 11.3 Å². The summed E-state index contributed by atoms with van der Waals surface area (Å²) in [6.45, 7) is 3.18. The first-order valence-electron chi connectivity index (χ1n) is 9.34. The SMILES string of the molecule is Cc1cc(C(=O)NC[C@H]2CC[C@H](C(=O)O)CC2)n(Cc2ccc(Cl)cc2)c1.